The van der Waals surface area contributed by atoms with Gasteiger partial charge in [0.25, 0.3) is 0 Å². The second-order valence-corrected chi connectivity index (χ2v) is 3.45. The molecule has 0 spiro atoms. The maximum atomic E-state index is 9.59. The summed E-state index contributed by atoms with van der Waals surface area (Å²) in [4.78, 5) is 3.94. The molecule has 0 aliphatic carbocycles. The van der Waals surface area contributed by atoms with Crippen molar-refractivity contribution in [2.75, 3.05) is 0 Å². The Morgan fingerprint density at radius 2 is 2.17 bits per heavy atom. The Morgan fingerprint density at radius 3 is 2.50 bits per heavy atom. The molecule has 1 aromatic rings. The molecule has 0 aliphatic rings. The number of rotatable bonds is 2. The average molecular weight is 170 g/mol. The van der Waals surface area contributed by atoms with Crippen molar-refractivity contribution in [3.63, 3.8) is 0 Å². The molecule has 0 aromatic carbocycles. The molecule has 1 unspecified atom stereocenters. The topological polar surface area (TPSA) is 58.3 Å². The molecule has 1 atom stereocenters. The lowest BCUT2D eigenvalue weighted by Crippen LogP contribution is -2.30. The number of aryl methyl sites for hydroxylation is 1. The summed E-state index contributed by atoms with van der Waals surface area (Å²) in [5, 5.41) is 19.1. The third-order valence-corrected chi connectivity index (χ3v) is 1.77. The summed E-state index contributed by atoms with van der Waals surface area (Å²) in [6, 6.07) is 0. The van der Waals surface area contributed by atoms with Gasteiger partial charge >= 0.3 is 0 Å². The standard InChI is InChI=1S/C8H14N2O2/c1-8(2,12)6(11)7-9-4-5-10(7)3/h4-6,11-12H,1-3H3. The maximum Gasteiger partial charge on any atom is 0.140 e. The molecule has 0 aliphatic heterocycles. The van der Waals surface area contributed by atoms with Crippen LogP contribution in [0.5, 0.6) is 0 Å². The molecule has 1 aromatic heterocycles. The highest BCUT2D eigenvalue weighted by Crippen LogP contribution is 2.22. The molecule has 0 radical (unpaired) electrons. The van der Waals surface area contributed by atoms with Gasteiger partial charge in [0.1, 0.15) is 11.9 Å². The first kappa shape index (κ1) is 9.22. The van der Waals surface area contributed by atoms with Crippen molar-refractivity contribution in [3.8, 4) is 0 Å². The van der Waals surface area contributed by atoms with E-state index in [9.17, 15) is 10.2 Å². The predicted molar refractivity (Wildman–Crippen MR) is 44.5 cm³/mol. The number of aromatic nitrogens is 2. The average Bonchev–Trinajstić information content (AvgIpc) is 2.31. The molecule has 12 heavy (non-hydrogen) atoms. The highest BCUT2D eigenvalue weighted by atomic mass is 16.3. The monoisotopic (exact) mass is 170 g/mol. The van der Waals surface area contributed by atoms with Crippen LogP contribution in [-0.2, 0) is 7.05 Å². The highest BCUT2D eigenvalue weighted by molar-refractivity contribution is 5.00. The van der Waals surface area contributed by atoms with E-state index in [0.717, 1.165) is 0 Å². The van der Waals surface area contributed by atoms with Crippen LogP contribution in [0, 0.1) is 0 Å². The number of nitrogens with zero attached hydrogens (tertiary/aromatic N) is 2. The van der Waals surface area contributed by atoms with Crippen molar-refractivity contribution in [3.05, 3.63) is 18.2 Å². The van der Waals surface area contributed by atoms with E-state index >= 15 is 0 Å². The van der Waals surface area contributed by atoms with Crippen molar-refractivity contribution in [2.24, 2.45) is 7.05 Å². The lowest BCUT2D eigenvalue weighted by molar-refractivity contribution is -0.0551. The molecule has 1 heterocycles. The van der Waals surface area contributed by atoms with Crippen LogP contribution in [0.2, 0.25) is 0 Å². The van der Waals surface area contributed by atoms with E-state index in [1.807, 2.05) is 0 Å². The summed E-state index contributed by atoms with van der Waals surface area (Å²) in [7, 11) is 1.78. The van der Waals surface area contributed by atoms with Gasteiger partial charge in [-0.05, 0) is 13.8 Å². The number of imidazole rings is 1. The molecule has 0 fully saturated rings. The third-order valence-electron chi connectivity index (χ3n) is 1.77. The van der Waals surface area contributed by atoms with Crippen LogP contribution >= 0.6 is 0 Å². The maximum absolute atomic E-state index is 9.59. The molecule has 0 bridgehead atoms. The van der Waals surface area contributed by atoms with Crippen molar-refractivity contribution < 1.29 is 10.2 Å². The molecule has 4 heteroatoms. The fraction of sp³-hybridized carbons (Fsp3) is 0.625. The van der Waals surface area contributed by atoms with Gasteiger partial charge in [-0.3, -0.25) is 0 Å². The van der Waals surface area contributed by atoms with Crippen LogP contribution in [0.4, 0.5) is 0 Å². The zero-order chi connectivity index (χ0) is 9.35. The van der Waals surface area contributed by atoms with E-state index in [0.29, 0.717) is 5.82 Å². The summed E-state index contributed by atoms with van der Waals surface area (Å²) >= 11 is 0. The van der Waals surface area contributed by atoms with Crippen LogP contribution in [0.1, 0.15) is 25.8 Å². The largest absolute Gasteiger partial charge is 0.387 e. The van der Waals surface area contributed by atoms with E-state index in [2.05, 4.69) is 4.98 Å². The predicted octanol–water partition coefficient (Wildman–Crippen LogP) is 0.224. The summed E-state index contributed by atoms with van der Waals surface area (Å²) in [6.45, 7) is 3.10. The number of aliphatic hydroxyl groups excluding tert-OH is 1. The minimum absolute atomic E-state index is 0.475. The van der Waals surface area contributed by atoms with Crippen molar-refractivity contribution in [2.45, 2.75) is 25.6 Å². The third kappa shape index (κ3) is 1.65. The molecular weight excluding hydrogens is 156 g/mol. The van der Waals surface area contributed by atoms with E-state index in [1.165, 1.54) is 0 Å². The van der Waals surface area contributed by atoms with Gasteiger partial charge in [0, 0.05) is 19.4 Å². The smallest absolute Gasteiger partial charge is 0.140 e. The second-order valence-electron chi connectivity index (χ2n) is 3.45. The molecule has 0 amide bonds. The Bertz CT molecular complexity index is 262. The van der Waals surface area contributed by atoms with Crippen molar-refractivity contribution >= 4 is 0 Å². The van der Waals surface area contributed by atoms with Crippen molar-refractivity contribution in [1.29, 1.82) is 0 Å². The first-order chi connectivity index (χ1) is 5.43. The van der Waals surface area contributed by atoms with Gasteiger partial charge in [-0.25, -0.2) is 4.98 Å². The second kappa shape index (κ2) is 2.88. The number of hydrogen-bond acceptors (Lipinski definition) is 3. The molecular formula is C8H14N2O2. The zero-order valence-corrected chi connectivity index (χ0v) is 7.52. The van der Waals surface area contributed by atoms with Gasteiger partial charge in [0.05, 0.1) is 5.60 Å². The van der Waals surface area contributed by atoms with Gasteiger partial charge in [-0.15, -0.1) is 0 Å². The Morgan fingerprint density at radius 1 is 1.58 bits per heavy atom. The Balaban J connectivity index is 2.92. The molecule has 68 valence electrons. The highest BCUT2D eigenvalue weighted by Gasteiger charge is 2.28. The summed E-state index contributed by atoms with van der Waals surface area (Å²) in [5.74, 6) is 0.475. The molecule has 0 saturated carbocycles. The van der Waals surface area contributed by atoms with E-state index < -0.39 is 11.7 Å². The minimum Gasteiger partial charge on any atom is -0.387 e. The Kier molecular flexibility index (Phi) is 2.21. The van der Waals surface area contributed by atoms with Crippen LogP contribution < -0.4 is 0 Å². The van der Waals surface area contributed by atoms with E-state index in [-0.39, 0.29) is 0 Å². The van der Waals surface area contributed by atoms with Crippen LogP contribution in [0.25, 0.3) is 0 Å². The van der Waals surface area contributed by atoms with E-state index in [1.54, 1.807) is 37.9 Å². The summed E-state index contributed by atoms with van der Waals surface area (Å²) < 4.78 is 1.68. The molecule has 0 saturated heterocycles. The fourth-order valence-electron chi connectivity index (χ4n) is 0.957. The Labute approximate surface area is 71.5 Å². The van der Waals surface area contributed by atoms with Gasteiger partial charge in [0.2, 0.25) is 0 Å². The quantitative estimate of drug-likeness (QED) is 0.667. The SMILES string of the molecule is Cn1ccnc1C(O)C(C)(C)O. The van der Waals surface area contributed by atoms with Gasteiger partial charge < -0.3 is 14.8 Å². The number of aliphatic hydroxyl groups is 2. The van der Waals surface area contributed by atoms with Crippen LogP contribution in [-0.4, -0.2) is 25.4 Å². The van der Waals surface area contributed by atoms with Crippen LogP contribution in [0.3, 0.4) is 0 Å². The fourth-order valence-corrected chi connectivity index (χ4v) is 0.957. The van der Waals surface area contributed by atoms with Gasteiger partial charge in [-0.2, -0.15) is 0 Å². The normalized spacial score (nSPS) is 14.8. The molecule has 2 N–H and O–H groups in total. The summed E-state index contributed by atoms with van der Waals surface area (Å²) in [5.41, 5.74) is -1.15. The first-order valence-electron chi connectivity index (χ1n) is 3.80. The van der Waals surface area contributed by atoms with Crippen LogP contribution in [0.15, 0.2) is 12.4 Å². The lowest BCUT2D eigenvalue weighted by atomic mass is 10.0. The molecule has 1 rings (SSSR count). The molecule has 4 nitrogen and oxygen atoms in total. The lowest BCUT2D eigenvalue weighted by Gasteiger charge is -2.23. The first-order valence-corrected chi connectivity index (χ1v) is 3.80. The van der Waals surface area contributed by atoms with Crippen molar-refractivity contribution in [1.82, 2.24) is 9.55 Å². The van der Waals surface area contributed by atoms with Gasteiger partial charge in [0.15, 0.2) is 0 Å². The minimum atomic E-state index is -1.15. The summed E-state index contributed by atoms with van der Waals surface area (Å²) in [6.07, 6.45) is 2.37. The van der Waals surface area contributed by atoms with Gasteiger partial charge in [-0.1, -0.05) is 0 Å². The zero-order valence-electron chi connectivity index (χ0n) is 7.52. The number of hydrogen-bond donors (Lipinski definition) is 2. The Hall–Kier alpha value is -0.870. The van der Waals surface area contributed by atoms with E-state index in [4.69, 9.17) is 0 Å².